The Hall–Kier alpha value is -4.51. The molecule has 1 fully saturated rings. The van der Waals surface area contributed by atoms with Gasteiger partial charge in [-0.05, 0) is 54.2 Å². The highest BCUT2D eigenvalue weighted by Gasteiger charge is 2.35. The first kappa shape index (κ1) is 24.6. The van der Waals surface area contributed by atoms with Crippen molar-refractivity contribution in [3.05, 3.63) is 76.4 Å². The minimum Gasteiger partial charge on any atom is -0.493 e. The number of ether oxygens (including phenoxy) is 2. The number of para-hydroxylation sites is 2. The number of carboxylic acid groups (broad SMARTS) is 2. The van der Waals surface area contributed by atoms with Crippen molar-refractivity contribution < 1.29 is 43.3 Å². The lowest BCUT2D eigenvalue weighted by Crippen LogP contribution is -2.32. The van der Waals surface area contributed by atoms with Gasteiger partial charge in [0.1, 0.15) is 18.1 Å². The Bertz CT molecular complexity index is 1360. The van der Waals surface area contributed by atoms with E-state index >= 15 is 0 Å². The molecule has 0 aliphatic carbocycles. The van der Waals surface area contributed by atoms with Gasteiger partial charge in [-0.3, -0.25) is 14.5 Å². The number of carbonyl (C=O) groups excluding carboxylic acids is 2. The van der Waals surface area contributed by atoms with Crippen LogP contribution < -0.4 is 9.47 Å². The third kappa shape index (κ3) is 5.26. The quantitative estimate of drug-likeness (QED) is 0.397. The number of hydrogen-bond donors (Lipinski definition) is 2. The Labute approximate surface area is 208 Å². The van der Waals surface area contributed by atoms with E-state index in [1.165, 1.54) is 37.5 Å². The van der Waals surface area contributed by atoms with Gasteiger partial charge in [0, 0.05) is 11.6 Å². The Morgan fingerprint density at radius 1 is 1.00 bits per heavy atom. The summed E-state index contributed by atoms with van der Waals surface area (Å²) in [6, 6.07) is 13.7. The van der Waals surface area contributed by atoms with Crippen molar-refractivity contribution in [3.8, 4) is 22.8 Å². The maximum atomic E-state index is 12.8. The SMILES string of the molecule is COc1ccccc1OCCN1C(=O)S/C(=C\c2ccc(-c3cc(C(=O)O)cc(C(=O)O)c3)o2)C1=O. The summed E-state index contributed by atoms with van der Waals surface area (Å²) in [5, 5.41) is 18.1. The van der Waals surface area contributed by atoms with Crippen molar-refractivity contribution in [2.45, 2.75) is 0 Å². The van der Waals surface area contributed by atoms with Crippen LogP contribution in [-0.2, 0) is 4.79 Å². The standard InChI is InChI=1S/C25H19NO9S/c1-33-19-4-2-3-5-20(19)34-9-8-26-22(27)21(36-25(26)32)13-17-6-7-18(35-17)14-10-15(23(28)29)12-16(11-14)24(30)31/h2-7,10-13H,8-9H2,1H3,(H,28,29)(H,30,31)/b21-13-. The summed E-state index contributed by atoms with van der Waals surface area (Å²) < 4.78 is 16.5. The normalized spacial score (nSPS) is 14.4. The van der Waals surface area contributed by atoms with Crippen LogP contribution >= 0.6 is 11.8 Å². The number of furan rings is 1. The van der Waals surface area contributed by atoms with Gasteiger partial charge in [-0.2, -0.15) is 0 Å². The molecule has 1 aromatic heterocycles. The lowest BCUT2D eigenvalue weighted by atomic mass is 10.0. The van der Waals surface area contributed by atoms with Gasteiger partial charge < -0.3 is 24.1 Å². The second kappa shape index (κ2) is 10.4. The van der Waals surface area contributed by atoms with Crippen LogP contribution in [0.25, 0.3) is 17.4 Å². The summed E-state index contributed by atoms with van der Waals surface area (Å²) >= 11 is 0.751. The van der Waals surface area contributed by atoms with Crippen molar-refractivity contribution in [2.75, 3.05) is 20.3 Å². The van der Waals surface area contributed by atoms with E-state index in [0.29, 0.717) is 11.5 Å². The molecule has 0 atom stereocenters. The minimum atomic E-state index is -1.28. The van der Waals surface area contributed by atoms with E-state index in [-0.39, 0.29) is 46.3 Å². The number of aromatic carboxylic acids is 2. The van der Waals surface area contributed by atoms with Gasteiger partial charge in [0.25, 0.3) is 11.1 Å². The second-order valence-electron chi connectivity index (χ2n) is 7.44. The first-order valence-corrected chi connectivity index (χ1v) is 11.3. The third-order valence-electron chi connectivity index (χ3n) is 5.13. The third-order valence-corrected chi connectivity index (χ3v) is 6.03. The highest BCUT2D eigenvalue weighted by molar-refractivity contribution is 8.18. The molecule has 11 heteroatoms. The average molecular weight is 509 g/mol. The summed E-state index contributed by atoms with van der Waals surface area (Å²) in [5.41, 5.74) is -0.174. The molecule has 2 aromatic carbocycles. The number of methoxy groups -OCH3 is 1. The molecular formula is C25H19NO9S. The fourth-order valence-corrected chi connectivity index (χ4v) is 4.25. The molecule has 1 aliphatic rings. The first-order chi connectivity index (χ1) is 17.3. The summed E-state index contributed by atoms with van der Waals surface area (Å²) in [4.78, 5) is 49.1. The van der Waals surface area contributed by atoms with E-state index in [1.54, 1.807) is 24.3 Å². The zero-order valence-electron chi connectivity index (χ0n) is 18.8. The zero-order chi connectivity index (χ0) is 25.8. The number of benzene rings is 2. The van der Waals surface area contributed by atoms with Crippen LogP contribution in [0, 0.1) is 0 Å². The molecule has 10 nitrogen and oxygen atoms in total. The largest absolute Gasteiger partial charge is 0.493 e. The maximum absolute atomic E-state index is 12.8. The predicted octanol–water partition coefficient (Wildman–Crippen LogP) is 4.47. The van der Waals surface area contributed by atoms with Gasteiger partial charge >= 0.3 is 11.9 Å². The van der Waals surface area contributed by atoms with Crippen LogP contribution in [0.3, 0.4) is 0 Å². The Morgan fingerprint density at radius 2 is 1.67 bits per heavy atom. The van der Waals surface area contributed by atoms with Gasteiger partial charge in [0.15, 0.2) is 11.5 Å². The van der Waals surface area contributed by atoms with Gasteiger partial charge in [0.2, 0.25) is 0 Å². The van der Waals surface area contributed by atoms with E-state index in [9.17, 15) is 29.4 Å². The Balaban J connectivity index is 1.48. The van der Waals surface area contributed by atoms with Crippen LogP contribution in [0.4, 0.5) is 4.79 Å². The van der Waals surface area contributed by atoms with Crippen LogP contribution in [0.1, 0.15) is 26.5 Å². The van der Waals surface area contributed by atoms with Crippen LogP contribution in [0.2, 0.25) is 0 Å². The highest BCUT2D eigenvalue weighted by atomic mass is 32.2. The Kier molecular flexibility index (Phi) is 7.11. The summed E-state index contributed by atoms with van der Waals surface area (Å²) in [5.74, 6) is -1.61. The van der Waals surface area contributed by atoms with Crippen LogP contribution in [0.15, 0.2) is 63.9 Å². The number of imide groups is 1. The molecule has 0 spiro atoms. The number of hydrogen-bond acceptors (Lipinski definition) is 8. The monoisotopic (exact) mass is 509 g/mol. The van der Waals surface area contributed by atoms with E-state index in [4.69, 9.17) is 13.9 Å². The average Bonchev–Trinajstić information content (AvgIpc) is 3.44. The van der Waals surface area contributed by atoms with Crippen LogP contribution in [-0.4, -0.2) is 58.5 Å². The van der Waals surface area contributed by atoms with Gasteiger partial charge in [-0.1, -0.05) is 12.1 Å². The number of carbonyl (C=O) groups is 4. The smallest absolute Gasteiger partial charge is 0.335 e. The number of amides is 2. The van der Waals surface area contributed by atoms with E-state index in [1.807, 2.05) is 0 Å². The molecule has 4 rings (SSSR count). The number of carboxylic acids is 2. The molecule has 2 amide bonds. The lowest BCUT2D eigenvalue weighted by Gasteiger charge is -2.14. The molecular weight excluding hydrogens is 490 g/mol. The molecule has 2 heterocycles. The molecule has 3 aromatic rings. The van der Waals surface area contributed by atoms with Crippen molar-refractivity contribution in [3.63, 3.8) is 0 Å². The molecule has 184 valence electrons. The topological polar surface area (TPSA) is 144 Å². The molecule has 0 radical (unpaired) electrons. The summed E-state index contributed by atoms with van der Waals surface area (Å²) in [6.07, 6.45) is 1.40. The summed E-state index contributed by atoms with van der Waals surface area (Å²) in [6.45, 7) is 0.103. The van der Waals surface area contributed by atoms with Gasteiger partial charge in [-0.15, -0.1) is 0 Å². The fourth-order valence-electron chi connectivity index (χ4n) is 3.41. The van der Waals surface area contributed by atoms with Crippen LogP contribution in [0.5, 0.6) is 11.5 Å². The van der Waals surface area contributed by atoms with E-state index < -0.39 is 23.1 Å². The molecule has 2 N–H and O–H groups in total. The number of thioether (sulfide) groups is 1. The molecule has 0 bridgehead atoms. The molecule has 0 saturated carbocycles. The lowest BCUT2D eigenvalue weighted by molar-refractivity contribution is -0.123. The van der Waals surface area contributed by atoms with E-state index in [0.717, 1.165) is 22.7 Å². The van der Waals surface area contributed by atoms with Crippen molar-refractivity contribution in [1.29, 1.82) is 0 Å². The van der Waals surface area contributed by atoms with Gasteiger partial charge in [-0.25, -0.2) is 9.59 Å². The molecule has 0 unspecified atom stereocenters. The second-order valence-corrected chi connectivity index (χ2v) is 8.44. The molecule has 1 aliphatic heterocycles. The van der Waals surface area contributed by atoms with E-state index in [2.05, 4.69) is 0 Å². The summed E-state index contributed by atoms with van der Waals surface area (Å²) in [7, 11) is 1.51. The van der Waals surface area contributed by atoms with Crippen molar-refractivity contribution in [2.24, 2.45) is 0 Å². The molecule has 1 saturated heterocycles. The molecule has 36 heavy (non-hydrogen) atoms. The Morgan fingerprint density at radius 3 is 2.31 bits per heavy atom. The maximum Gasteiger partial charge on any atom is 0.335 e. The minimum absolute atomic E-state index is 0.0312. The number of rotatable bonds is 9. The van der Waals surface area contributed by atoms with Crippen molar-refractivity contribution in [1.82, 2.24) is 4.90 Å². The first-order valence-electron chi connectivity index (χ1n) is 10.5. The fraction of sp³-hybridized carbons (Fsp3) is 0.120. The van der Waals surface area contributed by atoms with Crippen molar-refractivity contribution >= 4 is 40.9 Å². The predicted molar refractivity (Wildman–Crippen MR) is 129 cm³/mol. The van der Waals surface area contributed by atoms with Gasteiger partial charge in [0.05, 0.1) is 29.7 Å². The number of nitrogens with zero attached hydrogens (tertiary/aromatic N) is 1. The zero-order valence-corrected chi connectivity index (χ0v) is 19.6. The highest BCUT2D eigenvalue weighted by Crippen LogP contribution is 2.34.